The van der Waals surface area contributed by atoms with E-state index in [0.717, 1.165) is 23.7 Å². The van der Waals surface area contributed by atoms with Crippen molar-refractivity contribution in [1.82, 2.24) is 4.57 Å². The first-order valence-corrected chi connectivity index (χ1v) is 7.72. The fourth-order valence-electron chi connectivity index (χ4n) is 2.38. The van der Waals surface area contributed by atoms with Gasteiger partial charge in [0.2, 0.25) is 0 Å². The summed E-state index contributed by atoms with van der Waals surface area (Å²) in [6, 6.07) is 7.41. The van der Waals surface area contributed by atoms with Crippen LogP contribution in [0.5, 0.6) is 0 Å². The molecule has 5 heteroatoms. The Balaban J connectivity index is 1.88. The average molecular weight is 305 g/mol. The van der Waals surface area contributed by atoms with Crippen molar-refractivity contribution in [3.8, 4) is 0 Å². The smallest absolute Gasteiger partial charge is 0.420 e. The molecule has 0 bridgehead atoms. The molecular formula is C17H23NO4. The maximum atomic E-state index is 12.1. The summed E-state index contributed by atoms with van der Waals surface area (Å²) in [5.41, 5.74) is 1.42. The van der Waals surface area contributed by atoms with Gasteiger partial charge in [-0.05, 0) is 12.5 Å². The highest BCUT2D eigenvalue weighted by molar-refractivity contribution is 5.91. The molecule has 0 unspecified atom stereocenters. The highest BCUT2D eigenvalue weighted by atomic mass is 16.7. The molecule has 0 aliphatic heterocycles. The predicted octanol–water partition coefficient (Wildman–Crippen LogP) is 3.67. The van der Waals surface area contributed by atoms with E-state index in [1.807, 2.05) is 24.3 Å². The van der Waals surface area contributed by atoms with Gasteiger partial charge in [-0.25, -0.2) is 4.79 Å². The molecule has 2 aromatic rings. The minimum absolute atomic E-state index is 0.0497. The van der Waals surface area contributed by atoms with Gasteiger partial charge >= 0.3 is 6.09 Å². The molecule has 0 aliphatic carbocycles. The maximum absolute atomic E-state index is 12.1. The van der Waals surface area contributed by atoms with Gasteiger partial charge in [0, 0.05) is 17.1 Å². The number of aromatic nitrogens is 1. The first-order valence-electron chi connectivity index (χ1n) is 7.72. The Morgan fingerprint density at radius 1 is 1.23 bits per heavy atom. The second kappa shape index (κ2) is 8.56. The molecule has 1 N–H and O–H groups in total. The van der Waals surface area contributed by atoms with Gasteiger partial charge in [0.25, 0.3) is 0 Å². The zero-order valence-electron chi connectivity index (χ0n) is 13.0. The standard InChI is InChI=1S/C17H23NO4/c1-2-3-4-7-10-21-13-22-17(20)18-11-14(12-19)15-8-5-6-9-16(15)18/h5-6,8-9,11,19H,2-4,7,10,12-13H2,1H3. The molecule has 0 spiro atoms. The van der Waals surface area contributed by atoms with Crippen LogP contribution in [0.15, 0.2) is 30.5 Å². The summed E-state index contributed by atoms with van der Waals surface area (Å²) in [6.45, 7) is 2.59. The summed E-state index contributed by atoms with van der Waals surface area (Å²) in [5.74, 6) is 0. The Labute approximate surface area is 130 Å². The summed E-state index contributed by atoms with van der Waals surface area (Å²) in [4.78, 5) is 12.1. The lowest BCUT2D eigenvalue weighted by Crippen LogP contribution is -2.15. The van der Waals surface area contributed by atoms with Gasteiger partial charge in [-0.1, -0.05) is 44.4 Å². The van der Waals surface area contributed by atoms with Crippen molar-refractivity contribution >= 4 is 17.0 Å². The molecule has 1 aromatic heterocycles. The lowest BCUT2D eigenvalue weighted by molar-refractivity contribution is -0.0155. The number of unbranched alkanes of at least 4 members (excludes halogenated alkanes) is 3. The highest BCUT2D eigenvalue weighted by Crippen LogP contribution is 2.21. The highest BCUT2D eigenvalue weighted by Gasteiger charge is 2.13. The average Bonchev–Trinajstić information content (AvgIpc) is 2.93. The van der Waals surface area contributed by atoms with Crippen molar-refractivity contribution in [2.75, 3.05) is 13.4 Å². The molecule has 0 aliphatic rings. The molecule has 0 saturated heterocycles. The number of benzene rings is 1. The number of hydrogen-bond donors (Lipinski definition) is 1. The van der Waals surface area contributed by atoms with Crippen molar-refractivity contribution < 1.29 is 19.4 Å². The molecule has 0 amide bonds. The number of ether oxygens (including phenoxy) is 2. The number of rotatable bonds is 8. The predicted molar refractivity (Wildman–Crippen MR) is 84.7 cm³/mol. The van der Waals surface area contributed by atoms with E-state index < -0.39 is 6.09 Å². The fourth-order valence-corrected chi connectivity index (χ4v) is 2.38. The van der Waals surface area contributed by atoms with Gasteiger partial charge in [0.05, 0.1) is 18.7 Å². The third-order valence-electron chi connectivity index (χ3n) is 3.57. The van der Waals surface area contributed by atoms with E-state index in [-0.39, 0.29) is 13.4 Å². The quantitative estimate of drug-likeness (QED) is 0.597. The van der Waals surface area contributed by atoms with Crippen molar-refractivity contribution in [2.24, 2.45) is 0 Å². The van der Waals surface area contributed by atoms with E-state index in [4.69, 9.17) is 9.47 Å². The second-order valence-electron chi connectivity index (χ2n) is 5.20. The van der Waals surface area contributed by atoms with Crippen molar-refractivity contribution in [2.45, 2.75) is 39.2 Å². The summed E-state index contributed by atoms with van der Waals surface area (Å²) >= 11 is 0. The lowest BCUT2D eigenvalue weighted by atomic mass is 10.2. The van der Waals surface area contributed by atoms with Crippen molar-refractivity contribution in [3.05, 3.63) is 36.0 Å². The number of fused-ring (bicyclic) bond motifs is 1. The Bertz CT molecular complexity index is 606. The lowest BCUT2D eigenvalue weighted by Gasteiger charge is -2.07. The first-order chi connectivity index (χ1) is 10.8. The van der Waals surface area contributed by atoms with E-state index in [0.29, 0.717) is 12.2 Å². The van der Waals surface area contributed by atoms with Gasteiger partial charge < -0.3 is 14.6 Å². The number of aliphatic hydroxyl groups is 1. The molecule has 0 atom stereocenters. The Hall–Kier alpha value is -1.85. The molecular weight excluding hydrogens is 282 g/mol. The van der Waals surface area contributed by atoms with Gasteiger partial charge in [-0.2, -0.15) is 0 Å². The van der Waals surface area contributed by atoms with Crippen molar-refractivity contribution in [3.63, 3.8) is 0 Å². The Kier molecular flexibility index (Phi) is 6.43. The van der Waals surface area contributed by atoms with Crippen LogP contribution in [0.3, 0.4) is 0 Å². The SMILES string of the molecule is CCCCCCOCOC(=O)n1cc(CO)c2ccccc21. The minimum atomic E-state index is -0.496. The molecule has 120 valence electrons. The number of hydrogen-bond acceptors (Lipinski definition) is 4. The largest absolute Gasteiger partial charge is 0.422 e. The van der Waals surface area contributed by atoms with Crippen LogP contribution in [-0.2, 0) is 16.1 Å². The zero-order chi connectivity index (χ0) is 15.8. The number of nitrogens with zero attached hydrogens (tertiary/aromatic N) is 1. The normalized spacial score (nSPS) is 11.0. The number of para-hydroxylation sites is 1. The third kappa shape index (κ3) is 4.08. The van der Waals surface area contributed by atoms with Crippen LogP contribution < -0.4 is 0 Å². The van der Waals surface area contributed by atoms with Gasteiger partial charge in [0.15, 0.2) is 6.79 Å². The van der Waals surface area contributed by atoms with E-state index in [1.54, 1.807) is 6.20 Å². The molecule has 1 heterocycles. The number of carbonyl (C=O) groups is 1. The minimum Gasteiger partial charge on any atom is -0.422 e. The fraction of sp³-hybridized carbons (Fsp3) is 0.471. The summed E-state index contributed by atoms with van der Waals surface area (Å²) in [5, 5.41) is 10.2. The third-order valence-corrected chi connectivity index (χ3v) is 3.57. The summed E-state index contributed by atoms with van der Waals surface area (Å²) < 4.78 is 11.8. The molecule has 1 aromatic carbocycles. The molecule has 0 fully saturated rings. The van der Waals surface area contributed by atoms with Crippen LogP contribution in [0.25, 0.3) is 10.9 Å². The topological polar surface area (TPSA) is 60.7 Å². The van der Waals surface area contributed by atoms with E-state index >= 15 is 0 Å². The van der Waals surface area contributed by atoms with Crippen LogP contribution >= 0.6 is 0 Å². The van der Waals surface area contributed by atoms with E-state index in [1.165, 1.54) is 17.4 Å². The van der Waals surface area contributed by atoms with Gasteiger partial charge in [0.1, 0.15) is 0 Å². The van der Waals surface area contributed by atoms with E-state index in [9.17, 15) is 9.90 Å². The molecule has 2 rings (SSSR count). The number of aliphatic hydroxyl groups excluding tert-OH is 1. The van der Waals surface area contributed by atoms with Crippen molar-refractivity contribution in [1.29, 1.82) is 0 Å². The monoisotopic (exact) mass is 305 g/mol. The maximum Gasteiger partial charge on any atom is 0.420 e. The summed E-state index contributed by atoms with van der Waals surface area (Å²) in [7, 11) is 0. The van der Waals surface area contributed by atoms with E-state index in [2.05, 4.69) is 6.92 Å². The van der Waals surface area contributed by atoms with Gasteiger partial charge in [-0.3, -0.25) is 4.57 Å². The number of carbonyl (C=O) groups excluding carboxylic acids is 1. The van der Waals surface area contributed by atoms with Crippen LogP contribution in [0.1, 0.15) is 38.2 Å². The van der Waals surface area contributed by atoms with Crippen LogP contribution in [0, 0.1) is 0 Å². The van der Waals surface area contributed by atoms with Gasteiger partial charge in [-0.15, -0.1) is 0 Å². The summed E-state index contributed by atoms with van der Waals surface area (Å²) in [6.07, 6.45) is 5.60. The Morgan fingerprint density at radius 2 is 2.05 bits per heavy atom. The van der Waals surface area contributed by atoms with Crippen LogP contribution in [0.4, 0.5) is 4.79 Å². The molecule has 0 saturated carbocycles. The zero-order valence-corrected chi connectivity index (χ0v) is 13.0. The second-order valence-corrected chi connectivity index (χ2v) is 5.20. The first kappa shape index (κ1) is 16.5. The molecule has 5 nitrogen and oxygen atoms in total. The molecule has 22 heavy (non-hydrogen) atoms. The molecule has 0 radical (unpaired) electrons. The van der Waals surface area contributed by atoms with Crippen LogP contribution in [0.2, 0.25) is 0 Å². The van der Waals surface area contributed by atoms with Crippen LogP contribution in [-0.4, -0.2) is 29.2 Å². The Morgan fingerprint density at radius 3 is 2.82 bits per heavy atom.